The van der Waals surface area contributed by atoms with Crippen LogP contribution in [0.5, 0.6) is 5.75 Å². The minimum absolute atomic E-state index is 0.00926. The van der Waals surface area contributed by atoms with Crippen LogP contribution in [0.4, 0.5) is 0 Å². The number of rotatable bonds is 19. The zero-order valence-electron chi connectivity index (χ0n) is 29.4. The van der Waals surface area contributed by atoms with Crippen LogP contribution in [0, 0.1) is 0 Å². The smallest absolute Gasteiger partial charge is 0.326 e. The fraction of sp³-hybridized carbons (Fsp3) is 0.457. The maximum atomic E-state index is 13.6. The molecule has 2 aromatic rings. The lowest BCUT2D eigenvalue weighted by Gasteiger charge is -2.30. The van der Waals surface area contributed by atoms with Crippen molar-refractivity contribution in [2.45, 2.75) is 81.7 Å². The van der Waals surface area contributed by atoms with Gasteiger partial charge in [-0.2, -0.15) is 0 Å². The number of nitrogens with one attached hydrogen (secondary N) is 4. The van der Waals surface area contributed by atoms with Crippen LogP contribution in [0.25, 0.3) is 0 Å². The van der Waals surface area contributed by atoms with Gasteiger partial charge in [-0.15, -0.1) is 0 Å². The molecule has 1 aliphatic rings. The van der Waals surface area contributed by atoms with Gasteiger partial charge in [0.05, 0.1) is 12.6 Å². The summed E-state index contributed by atoms with van der Waals surface area (Å²) in [6, 6.07) is 7.57. The van der Waals surface area contributed by atoms with Crippen molar-refractivity contribution in [1.82, 2.24) is 26.2 Å². The lowest BCUT2D eigenvalue weighted by atomic mass is 10.0. The van der Waals surface area contributed by atoms with Crippen LogP contribution in [0.3, 0.4) is 0 Å². The van der Waals surface area contributed by atoms with Crippen molar-refractivity contribution in [2.24, 2.45) is 22.2 Å². The number of aliphatic imine (C=N–C) groups is 1. The first kappa shape index (κ1) is 41.7. The standard InChI is InChI=1S/C35H49N9O9/c1-20(40-30(48)24(36)17-22-11-13-23(46)14-12-22)29(47)43-27(19-45)33(51)44-16-6-10-28(44)32(50)41-25(9-5-15-39-35(37)38)31(49)42-26(34(52)53)18-21-7-3-2-4-8-21/h2-4,7-8,11-14,20,24-28,45-46H,5-6,9-10,15-19,36H2,1H3,(H,40,48)(H,41,50)(H,42,49)(H,43,47)(H,52,53)(H4,37,38,39)/t20-,24-,25-,26-,27-,28-/m0/s1. The molecular formula is C35H49N9O9. The van der Waals surface area contributed by atoms with E-state index in [1.54, 1.807) is 42.5 Å². The van der Waals surface area contributed by atoms with Crippen molar-refractivity contribution >= 4 is 41.5 Å². The number of amides is 5. The Kier molecular flexibility index (Phi) is 16.0. The van der Waals surface area contributed by atoms with Gasteiger partial charge in [-0.1, -0.05) is 42.5 Å². The van der Waals surface area contributed by atoms with Crippen molar-refractivity contribution in [1.29, 1.82) is 0 Å². The molecule has 5 amide bonds. The summed E-state index contributed by atoms with van der Waals surface area (Å²) in [5.41, 5.74) is 18.1. The van der Waals surface area contributed by atoms with Crippen molar-refractivity contribution in [3.8, 4) is 5.75 Å². The number of phenols is 1. The average molecular weight is 740 g/mol. The van der Waals surface area contributed by atoms with E-state index in [2.05, 4.69) is 26.3 Å². The number of carbonyl (C=O) groups excluding carboxylic acids is 5. The van der Waals surface area contributed by atoms with Gasteiger partial charge in [0.1, 0.15) is 36.0 Å². The highest BCUT2D eigenvalue weighted by atomic mass is 16.4. The lowest BCUT2D eigenvalue weighted by Crippen LogP contribution is -2.59. The van der Waals surface area contributed by atoms with Crippen molar-refractivity contribution in [3.05, 3.63) is 65.7 Å². The molecule has 1 heterocycles. The second-order valence-electron chi connectivity index (χ2n) is 12.7. The Morgan fingerprint density at radius 1 is 0.849 bits per heavy atom. The summed E-state index contributed by atoms with van der Waals surface area (Å²) in [5.74, 6) is -5.04. The molecule has 2 aromatic carbocycles. The number of aromatic hydroxyl groups is 1. The van der Waals surface area contributed by atoms with E-state index in [1.807, 2.05) is 0 Å². The maximum absolute atomic E-state index is 13.6. The number of carbonyl (C=O) groups is 6. The number of hydrogen-bond acceptors (Lipinski definition) is 10. The highest BCUT2D eigenvalue weighted by Crippen LogP contribution is 2.19. The summed E-state index contributed by atoms with van der Waals surface area (Å²) in [4.78, 5) is 83.3. The van der Waals surface area contributed by atoms with Gasteiger partial charge in [0.15, 0.2) is 5.96 Å². The summed E-state index contributed by atoms with van der Waals surface area (Å²) < 4.78 is 0. The molecule has 0 aromatic heterocycles. The van der Waals surface area contributed by atoms with E-state index in [-0.39, 0.29) is 56.9 Å². The molecule has 53 heavy (non-hydrogen) atoms. The third kappa shape index (κ3) is 13.1. The zero-order chi connectivity index (χ0) is 39.1. The van der Waals surface area contributed by atoms with Gasteiger partial charge in [-0.05, 0) is 62.3 Å². The van der Waals surface area contributed by atoms with E-state index < -0.39 is 78.4 Å². The number of aliphatic hydroxyl groups excluding tert-OH is 1. The van der Waals surface area contributed by atoms with Crippen LogP contribution in [0.1, 0.15) is 43.7 Å². The van der Waals surface area contributed by atoms with Crippen molar-refractivity contribution in [3.63, 3.8) is 0 Å². The number of nitrogens with two attached hydrogens (primary N) is 3. The molecule has 3 rings (SSSR count). The van der Waals surface area contributed by atoms with Crippen molar-refractivity contribution < 1.29 is 44.1 Å². The lowest BCUT2D eigenvalue weighted by molar-refractivity contribution is -0.144. The van der Waals surface area contributed by atoms with E-state index in [0.29, 0.717) is 17.5 Å². The summed E-state index contributed by atoms with van der Waals surface area (Å²) in [6.07, 6.45) is 1.01. The summed E-state index contributed by atoms with van der Waals surface area (Å²) >= 11 is 0. The van der Waals surface area contributed by atoms with Gasteiger partial charge in [-0.25, -0.2) is 4.79 Å². The van der Waals surface area contributed by atoms with Gasteiger partial charge >= 0.3 is 5.97 Å². The topological polar surface area (TPSA) is 305 Å². The van der Waals surface area contributed by atoms with E-state index in [1.165, 1.54) is 24.0 Å². The van der Waals surface area contributed by atoms with Gasteiger partial charge < -0.3 is 58.7 Å². The number of benzene rings is 2. The molecule has 0 bridgehead atoms. The Balaban J connectivity index is 1.65. The number of aliphatic carboxylic acids is 1. The molecular weight excluding hydrogens is 690 g/mol. The van der Waals surface area contributed by atoms with Crippen LogP contribution in [-0.2, 0) is 41.6 Å². The molecule has 0 unspecified atom stereocenters. The SMILES string of the molecule is C[C@H](NC(=O)[C@@H](N)Cc1ccc(O)cc1)C(=O)N[C@@H](CO)C(=O)N1CCC[C@H]1C(=O)N[C@@H](CCCN=C(N)N)C(=O)N[C@@H](Cc1ccccc1)C(=O)O. The van der Waals surface area contributed by atoms with E-state index in [0.717, 1.165) is 0 Å². The van der Waals surface area contributed by atoms with Crippen LogP contribution >= 0.6 is 0 Å². The normalized spacial score (nSPS) is 16.6. The Hall–Kier alpha value is -5.75. The number of hydrogen-bond donors (Lipinski definition) is 10. The van der Waals surface area contributed by atoms with E-state index in [9.17, 15) is 44.1 Å². The number of aliphatic hydroxyl groups is 1. The predicted octanol–water partition coefficient (Wildman–Crippen LogP) is -2.41. The monoisotopic (exact) mass is 739 g/mol. The van der Waals surface area contributed by atoms with Crippen LogP contribution in [-0.4, -0.2) is 118 Å². The largest absolute Gasteiger partial charge is 0.508 e. The Morgan fingerprint density at radius 2 is 1.49 bits per heavy atom. The van der Waals surface area contributed by atoms with Gasteiger partial charge in [-0.3, -0.25) is 29.0 Å². The third-order valence-corrected chi connectivity index (χ3v) is 8.59. The third-order valence-electron chi connectivity index (χ3n) is 8.59. The number of likely N-dealkylation sites (tertiary alicyclic amines) is 1. The maximum Gasteiger partial charge on any atom is 0.326 e. The highest BCUT2D eigenvalue weighted by Gasteiger charge is 2.39. The fourth-order valence-electron chi connectivity index (χ4n) is 5.71. The molecule has 288 valence electrons. The molecule has 13 N–H and O–H groups in total. The molecule has 6 atom stereocenters. The number of guanidine groups is 1. The summed E-state index contributed by atoms with van der Waals surface area (Å²) in [5, 5.41) is 39.3. The first-order valence-corrected chi connectivity index (χ1v) is 17.2. The Bertz CT molecular complexity index is 1600. The van der Waals surface area contributed by atoms with Crippen LogP contribution in [0.2, 0.25) is 0 Å². The van der Waals surface area contributed by atoms with Crippen LogP contribution < -0.4 is 38.5 Å². The summed E-state index contributed by atoms with van der Waals surface area (Å²) in [6.45, 7) is 0.799. The average Bonchev–Trinajstić information content (AvgIpc) is 3.62. The molecule has 1 aliphatic heterocycles. The van der Waals surface area contributed by atoms with Crippen LogP contribution in [0.15, 0.2) is 59.6 Å². The van der Waals surface area contributed by atoms with Gasteiger partial charge in [0.2, 0.25) is 29.5 Å². The molecule has 18 heteroatoms. The first-order chi connectivity index (χ1) is 25.2. The molecule has 1 fully saturated rings. The molecule has 0 spiro atoms. The quantitative estimate of drug-likeness (QED) is 0.0409. The Morgan fingerprint density at radius 3 is 2.11 bits per heavy atom. The number of phenolic OH excluding ortho intramolecular Hbond substituents is 1. The van der Waals surface area contributed by atoms with E-state index >= 15 is 0 Å². The number of carboxylic acids is 1. The van der Waals surface area contributed by atoms with Crippen molar-refractivity contribution in [2.75, 3.05) is 19.7 Å². The minimum atomic E-state index is -1.46. The number of carboxylic acid groups (broad SMARTS) is 1. The Labute approximate surface area is 306 Å². The minimum Gasteiger partial charge on any atom is -0.508 e. The molecule has 1 saturated heterocycles. The highest BCUT2D eigenvalue weighted by molar-refractivity contribution is 5.96. The second-order valence-corrected chi connectivity index (χ2v) is 12.7. The predicted molar refractivity (Wildman–Crippen MR) is 193 cm³/mol. The first-order valence-electron chi connectivity index (χ1n) is 17.2. The van der Waals surface area contributed by atoms with Gasteiger partial charge in [0.25, 0.3) is 0 Å². The summed E-state index contributed by atoms with van der Waals surface area (Å²) in [7, 11) is 0. The van der Waals surface area contributed by atoms with Gasteiger partial charge in [0, 0.05) is 19.5 Å². The molecule has 0 saturated carbocycles. The van der Waals surface area contributed by atoms with E-state index in [4.69, 9.17) is 17.2 Å². The second kappa shape index (κ2) is 20.3. The molecule has 0 aliphatic carbocycles. The number of nitrogens with zero attached hydrogens (tertiary/aromatic N) is 2. The molecule has 0 radical (unpaired) electrons. The fourth-order valence-corrected chi connectivity index (χ4v) is 5.71. The molecule has 18 nitrogen and oxygen atoms in total. The zero-order valence-corrected chi connectivity index (χ0v) is 29.4.